The lowest BCUT2D eigenvalue weighted by atomic mass is 10.2. The van der Waals surface area contributed by atoms with Crippen LogP contribution in [0.4, 0.5) is 0 Å². The second kappa shape index (κ2) is 4.05. The highest BCUT2D eigenvalue weighted by Crippen LogP contribution is 2.30. The number of hydrogen-bond acceptors (Lipinski definition) is 4. The molecule has 0 saturated carbocycles. The Balaban J connectivity index is 2.68. The molecule has 1 aromatic heterocycles. The monoisotopic (exact) mass is 255 g/mol. The number of hydrogen-bond donors (Lipinski definition) is 0. The number of sulfonamides is 1. The van der Waals surface area contributed by atoms with E-state index in [-0.39, 0.29) is 5.09 Å². The van der Waals surface area contributed by atoms with Crippen LogP contribution in [-0.2, 0) is 10.0 Å². The molecular weight excluding hydrogens is 242 g/mol. The SMILES string of the molecule is COc1cccc2oc(S(=O)(=O)N(C)C)cc12. The Morgan fingerprint density at radius 1 is 1.29 bits per heavy atom. The fourth-order valence-electron chi connectivity index (χ4n) is 1.50. The predicted molar refractivity (Wildman–Crippen MR) is 63.6 cm³/mol. The Labute approximate surface area is 99.6 Å². The molecule has 0 fully saturated rings. The first-order valence-electron chi connectivity index (χ1n) is 4.96. The van der Waals surface area contributed by atoms with E-state index in [0.29, 0.717) is 16.7 Å². The van der Waals surface area contributed by atoms with E-state index in [4.69, 9.17) is 9.15 Å². The maximum atomic E-state index is 11.9. The molecule has 6 heteroatoms. The number of fused-ring (bicyclic) bond motifs is 1. The third kappa shape index (κ3) is 1.89. The molecule has 2 rings (SSSR count). The van der Waals surface area contributed by atoms with Gasteiger partial charge in [0.2, 0.25) is 5.09 Å². The van der Waals surface area contributed by atoms with Crippen molar-refractivity contribution in [1.29, 1.82) is 0 Å². The fraction of sp³-hybridized carbons (Fsp3) is 0.273. The first-order valence-corrected chi connectivity index (χ1v) is 6.40. The molecule has 0 N–H and O–H groups in total. The van der Waals surface area contributed by atoms with Gasteiger partial charge in [-0.15, -0.1) is 0 Å². The molecule has 0 bridgehead atoms. The topological polar surface area (TPSA) is 59.8 Å². The van der Waals surface area contributed by atoms with Gasteiger partial charge in [0.05, 0.1) is 12.5 Å². The Morgan fingerprint density at radius 2 is 2.00 bits per heavy atom. The second-order valence-electron chi connectivity index (χ2n) is 3.72. The highest BCUT2D eigenvalue weighted by Gasteiger charge is 2.23. The van der Waals surface area contributed by atoms with Crippen LogP contribution >= 0.6 is 0 Å². The fourth-order valence-corrected chi connectivity index (χ4v) is 2.32. The number of methoxy groups -OCH3 is 1. The van der Waals surface area contributed by atoms with E-state index in [0.717, 1.165) is 4.31 Å². The lowest BCUT2D eigenvalue weighted by Gasteiger charge is -2.07. The van der Waals surface area contributed by atoms with E-state index in [9.17, 15) is 8.42 Å². The third-order valence-electron chi connectivity index (χ3n) is 2.45. The average molecular weight is 255 g/mol. The van der Waals surface area contributed by atoms with Crippen LogP contribution in [0.1, 0.15) is 0 Å². The molecule has 0 amide bonds. The van der Waals surface area contributed by atoms with Crippen molar-refractivity contribution in [3.05, 3.63) is 24.3 Å². The van der Waals surface area contributed by atoms with Crippen LogP contribution in [0.15, 0.2) is 33.8 Å². The van der Waals surface area contributed by atoms with Crippen LogP contribution in [0.3, 0.4) is 0 Å². The van der Waals surface area contributed by atoms with Gasteiger partial charge < -0.3 is 9.15 Å². The normalized spacial score (nSPS) is 12.2. The second-order valence-corrected chi connectivity index (χ2v) is 5.81. The molecule has 0 aliphatic heterocycles. The number of benzene rings is 1. The Morgan fingerprint density at radius 3 is 2.59 bits per heavy atom. The molecule has 0 saturated heterocycles. The van der Waals surface area contributed by atoms with Gasteiger partial charge in [-0.05, 0) is 12.1 Å². The van der Waals surface area contributed by atoms with Crippen LogP contribution in [-0.4, -0.2) is 33.9 Å². The van der Waals surface area contributed by atoms with Crippen LogP contribution in [0, 0.1) is 0 Å². The first-order chi connectivity index (χ1) is 7.96. The minimum atomic E-state index is -3.55. The van der Waals surface area contributed by atoms with Gasteiger partial charge in [-0.1, -0.05) is 6.07 Å². The smallest absolute Gasteiger partial charge is 0.275 e. The Kier molecular flexibility index (Phi) is 2.84. The van der Waals surface area contributed by atoms with Crippen molar-refractivity contribution in [1.82, 2.24) is 4.31 Å². The van der Waals surface area contributed by atoms with Crippen LogP contribution in [0.2, 0.25) is 0 Å². The van der Waals surface area contributed by atoms with E-state index in [1.54, 1.807) is 18.2 Å². The molecule has 17 heavy (non-hydrogen) atoms. The maximum absolute atomic E-state index is 11.9. The van der Waals surface area contributed by atoms with Gasteiger partial charge in [-0.25, -0.2) is 12.7 Å². The number of nitrogens with zero attached hydrogens (tertiary/aromatic N) is 1. The lowest BCUT2D eigenvalue weighted by Crippen LogP contribution is -2.21. The average Bonchev–Trinajstić information content (AvgIpc) is 2.72. The van der Waals surface area contributed by atoms with E-state index in [1.165, 1.54) is 27.3 Å². The van der Waals surface area contributed by atoms with Crippen molar-refractivity contribution in [3.63, 3.8) is 0 Å². The zero-order valence-corrected chi connectivity index (χ0v) is 10.6. The third-order valence-corrected chi connectivity index (χ3v) is 4.12. The summed E-state index contributed by atoms with van der Waals surface area (Å²) in [5.74, 6) is 0.589. The quantitative estimate of drug-likeness (QED) is 0.837. The zero-order chi connectivity index (χ0) is 12.6. The molecule has 0 radical (unpaired) electrons. The van der Waals surface area contributed by atoms with Gasteiger partial charge in [-0.2, -0.15) is 0 Å². The largest absolute Gasteiger partial charge is 0.496 e. The number of ether oxygens (including phenoxy) is 1. The summed E-state index contributed by atoms with van der Waals surface area (Å²) in [6.45, 7) is 0. The molecule has 92 valence electrons. The summed E-state index contributed by atoms with van der Waals surface area (Å²) in [5.41, 5.74) is 0.491. The highest BCUT2D eigenvalue weighted by atomic mass is 32.2. The number of furan rings is 1. The Hall–Kier alpha value is -1.53. The number of rotatable bonds is 3. The Bertz CT molecular complexity index is 643. The molecule has 0 atom stereocenters. The first kappa shape index (κ1) is 11.9. The van der Waals surface area contributed by atoms with Gasteiger partial charge in [0, 0.05) is 20.2 Å². The van der Waals surface area contributed by atoms with E-state index in [1.807, 2.05) is 0 Å². The summed E-state index contributed by atoms with van der Waals surface area (Å²) < 4.78 is 35.4. The molecule has 5 nitrogen and oxygen atoms in total. The summed E-state index contributed by atoms with van der Waals surface area (Å²) in [7, 11) is 0.893. The van der Waals surface area contributed by atoms with E-state index >= 15 is 0 Å². The molecule has 1 aromatic carbocycles. The molecule has 0 unspecified atom stereocenters. The van der Waals surface area contributed by atoms with Gasteiger partial charge in [0.15, 0.2) is 0 Å². The van der Waals surface area contributed by atoms with Crippen molar-refractivity contribution in [2.45, 2.75) is 5.09 Å². The van der Waals surface area contributed by atoms with Crippen molar-refractivity contribution < 1.29 is 17.6 Å². The maximum Gasteiger partial charge on any atom is 0.275 e. The summed E-state index contributed by atoms with van der Waals surface area (Å²) in [4.78, 5) is 0. The summed E-state index contributed by atoms with van der Waals surface area (Å²) >= 11 is 0. The summed E-state index contributed by atoms with van der Waals surface area (Å²) in [6.07, 6.45) is 0. The molecule has 1 heterocycles. The summed E-state index contributed by atoms with van der Waals surface area (Å²) in [6, 6.07) is 6.68. The lowest BCUT2D eigenvalue weighted by molar-refractivity contribution is 0.419. The van der Waals surface area contributed by atoms with Crippen molar-refractivity contribution in [2.75, 3.05) is 21.2 Å². The standard InChI is InChI=1S/C11H13NO4S/c1-12(2)17(13,14)11-7-8-9(15-3)5-4-6-10(8)16-11/h4-7H,1-3H3. The van der Waals surface area contributed by atoms with Crippen LogP contribution < -0.4 is 4.74 Å². The summed E-state index contributed by atoms with van der Waals surface area (Å²) in [5, 5.41) is 0.567. The minimum absolute atomic E-state index is 0.0815. The van der Waals surface area contributed by atoms with E-state index in [2.05, 4.69) is 0 Å². The van der Waals surface area contributed by atoms with Gasteiger partial charge in [-0.3, -0.25) is 0 Å². The van der Waals surface area contributed by atoms with Gasteiger partial charge in [0.1, 0.15) is 11.3 Å². The van der Waals surface area contributed by atoms with Crippen LogP contribution in [0.25, 0.3) is 11.0 Å². The van der Waals surface area contributed by atoms with Crippen molar-refractivity contribution in [2.24, 2.45) is 0 Å². The molecule has 0 aliphatic carbocycles. The van der Waals surface area contributed by atoms with Gasteiger partial charge >= 0.3 is 0 Å². The molecule has 2 aromatic rings. The molecule has 0 spiro atoms. The molecular formula is C11H13NO4S. The van der Waals surface area contributed by atoms with Gasteiger partial charge in [0.25, 0.3) is 10.0 Å². The predicted octanol–water partition coefficient (Wildman–Crippen LogP) is 1.69. The molecule has 0 aliphatic rings. The highest BCUT2D eigenvalue weighted by molar-refractivity contribution is 7.89. The van der Waals surface area contributed by atoms with E-state index < -0.39 is 10.0 Å². The minimum Gasteiger partial charge on any atom is -0.496 e. The van der Waals surface area contributed by atoms with Crippen molar-refractivity contribution >= 4 is 21.0 Å². The zero-order valence-electron chi connectivity index (χ0n) is 9.80. The van der Waals surface area contributed by atoms with Crippen molar-refractivity contribution in [3.8, 4) is 5.75 Å². The van der Waals surface area contributed by atoms with Crippen LogP contribution in [0.5, 0.6) is 5.75 Å².